The minimum absolute atomic E-state index is 0.136. The molecule has 0 spiro atoms. The second-order valence-corrected chi connectivity index (χ2v) is 5.76. The predicted octanol–water partition coefficient (Wildman–Crippen LogP) is 3.67. The molecule has 0 radical (unpaired) electrons. The summed E-state index contributed by atoms with van der Waals surface area (Å²) in [6.45, 7) is 8.70. The molecule has 0 aromatic carbocycles. The lowest BCUT2D eigenvalue weighted by atomic mass is 9.88. The molecule has 1 unspecified atom stereocenters. The van der Waals surface area contributed by atoms with Crippen molar-refractivity contribution in [2.45, 2.75) is 45.6 Å². The van der Waals surface area contributed by atoms with Crippen LogP contribution in [0.25, 0.3) is 0 Å². The summed E-state index contributed by atoms with van der Waals surface area (Å²) in [5, 5.41) is 3.40. The first-order chi connectivity index (χ1) is 9.00. The van der Waals surface area contributed by atoms with Crippen molar-refractivity contribution in [3.05, 3.63) is 42.1 Å². The summed E-state index contributed by atoms with van der Waals surface area (Å²) in [6, 6.07) is 4.33. The van der Waals surface area contributed by atoms with E-state index in [1.807, 2.05) is 18.5 Å². The maximum Gasteiger partial charge on any atom is 0.128 e. The third kappa shape index (κ3) is 3.34. The van der Waals surface area contributed by atoms with E-state index >= 15 is 0 Å². The highest BCUT2D eigenvalue weighted by Gasteiger charge is 2.15. The summed E-state index contributed by atoms with van der Waals surface area (Å²) < 4.78 is 0. The molecule has 4 heteroatoms. The topological polar surface area (TPSA) is 53.6 Å². The number of nitrogens with one attached hydrogen (secondary N) is 2. The number of rotatable bonds is 4. The number of imidazole rings is 1. The van der Waals surface area contributed by atoms with Crippen LogP contribution in [-0.4, -0.2) is 15.0 Å². The second kappa shape index (κ2) is 5.43. The van der Waals surface area contributed by atoms with Gasteiger partial charge in [0.15, 0.2) is 0 Å². The molecule has 0 saturated heterocycles. The number of pyridine rings is 1. The van der Waals surface area contributed by atoms with Crippen LogP contribution in [0.15, 0.2) is 30.7 Å². The predicted molar refractivity (Wildman–Crippen MR) is 78.2 cm³/mol. The highest BCUT2D eigenvalue weighted by molar-refractivity contribution is 5.38. The SMILES string of the molecule is CCC(Nc1ccc(C(C)(C)C)cn1)c1ncc[nH]1. The molecule has 4 nitrogen and oxygen atoms in total. The van der Waals surface area contributed by atoms with Crippen LogP contribution in [0.3, 0.4) is 0 Å². The van der Waals surface area contributed by atoms with Crippen molar-refractivity contribution in [3.63, 3.8) is 0 Å². The van der Waals surface area contributed by atoms with E-state index in [1.165, 1.54) is 5.56 Å². The third-order valence-corrected chi connectivity index (χ3v) is 3.21. The Bertz CT molecular complexity index is 494. The van der Waals surface area contributed by atoms with E-state index in [0.717, 1.165) is 18.1 Å². The number of anilines is 1. The van der Waals surface area contributed by atoms with Gasteiger partial charge in [-0.15, -0.1) is 0 Å². The summed E-state index contributed by atoms with van der Waals surface area (Å²) in [5.41, 5.74) is 1.38. The molecule has 0 bridgehead atoms. The monoisotopic (exact) mass is 258 g/mol. The minimum atomic E-state index is 0.136. The zero-order chi connectivity index (χ0) is 13.9. The molecular weight excluding hydrogens is 236 g/mol. The van der Waals surface area contributed by atoms with E-state index < -0.39 is 0 Å². The number of hydrogen-bond acceptors (Lipinski definition) is 3. The molecule has 0 aliphatic carbocycles. The molecule has 0 aliphatic rings. The van der Waals surface area contributed by atoms with Crippen LogP contribution in [-0.2, 0) is 5.41 Å². The van der Waals surface area contributed by atoms with Gasteiger partial charge in [-0.25, -0.2) is 9.97 Å². The normalized spacial score (nSPS) is 13.3. The fraction of sp³-hybridized carbons (Fsp3) is 0.467. The molecule has 0 saturated carbocycles. The lowest BCUT2D eigenvalue weighted by Crippen LogP contribution is -2.14. The Hall–Kier alpha value is -1.84. The van der Waals surface area contributed by atoms with E-state index in [1.54, 1.807) is 6.20 Å². The average molecular weight is 258 g/mol. The molecule has 0 fully saturated rings. The Balaban J connectivity index is 2.11. The van der Waals surface area contributed by atoms with Crippen molar-refractivity contribution in [1.29, 1.82) is 0 Å². The van der Waals surface area contributed by atoms with Crippen molar-refractivity contribution in [2.75, 3.05) is 5.32 Å². The lowest BCUT2D eigenvalue weighted by molar-refractivity contribution is 0.587. The Labute approximate surface area is 114 Å². The molecule has 2 rings (SSSR count). The summed E-state index contributed by atoms with van der Waals surface area (Å²) >= 11 is 0. The Morgan fingerprint density at radius 3 is 2.53 bits per heavy atom. The van der Waals surface area contributed by atoms with Crippen molar-refractivity contribution < 1.29 is 0 Å². The van der Waals surface area contributed by atoms with E-state index in [2.05, 4.69) is 54.0 Å². The summed E-state index contributed by atoms with van der Waals surface area (Å²) in [7, 11) is 0. The van der Waals surface area contributed by atoms with Gasteiger partial charge in [0.2, 0.25) is 0 Å². The molecular formula is C15H22N4. The molecule has 0 amide bonds. The van der Waals surface area contributed by atoms with Gasteiger partial charge >= 0.3 is 0 Å². The number of nitrogens with zero attached hydrogens (tertiary/aromatic N) is 2. The molecule has 1 atom stereocenters. The second-order valence-electron chi connectivity index (χ2n) is 5.76. The van der Waals surface area contributed by atoms with Gasteiger partial charge in [0.05, 0.1) is 6.04 Å². The first-order valence-corrected chi connectivity index (χ1v) is 6.73. The molecule has 19 heavy (non-hydrogen) atoms. The third-order valence-electron chi connectivity index (χ3n) is 3.21. The molecule has 2 aromatic heterocycles. The lowest BCUT2D eigenvalue weighted by Gasteiger charge is -2.20. The van der Waals surface area contributed by atoms with Crippen LogP contribution in [0.5, 0.6) is 0 Å². The van der Waals surface area contributed by atoms with Gasteiger partial charge in [-0.3, -0.25) is 0 Å². The average Bonchev–Trinajstić information content (AvgIpc) is 2.89. The summed E-state index contributed by atoms with van der Waals surface area (Å²) in [4.78, 5) is 11.9. The molecule has 0 aliphatic heterocycles. The van der Waals surface area contributed by atoms with Crippen LogP contribution in [0, 0.1) is 0 Å². The van der Waals surface area contributed by atoms with Crippen molar-refractivity contribution in [1.82, 2.24) is 15.0 Å². The first-order valence-electron chi connectivity index (χ1n) is 6.73. The van der Waals surface area contributed by atoms with Crippen molar-refractivity contribution >= 4 is 5.82 Å². The van der Waals surface area contributed by atoms with Crippen LogP contribution in [0.1, 0.15) is 51.5 Å². The quantitative estimate of drug-likeness (QED) is 0.879. The van der Waals surface area contributed by atoms with Gasteiger partial charge < -0.3 is 10.3 Å². The summed E-state index contributed by atoms with van der Waals surface area (Å²) in [6.07, 6.45) is 6.51. The molecule has 2 N–H and O–H groups in total. The number of aromatic amines is 1. The van der Waals surface area contributed by atoms with Gasteiger partial charge in [-0.05, 0) is 23.5 Å². The van der Waals surface area contributed by atoms with Crippen molar-refractivity contribution in [2.24, 2.45) is 0 Å². The van der Waals surface area contributed by atoms with E-state index in [4.69, 9.17) is 0 Å². The zero-order valence-electron chi connectivity index (χ0n) is 12.1. The minimum Gasteiger partial charge on any atom is -0.360 e. The van der Waals surface area contributed by atoms with Gasteiger partial charge in [-0.2, -0.15) is 0 Å². The van der Waals surface area contributed by atoms with Crippen LogP contribution in [0.2, 0.25) is 0 Å². The van der Waals surface area contributed by atoms with Crippen LogP contribution in [0.4, 0.5) is 5.82 Å². The van der Waals surface area contributed by atoms with Gasteiger partial charge in [-0.1, -0.05) is 33.8 Å². The molecule has 102 valence electrons. The van der Waals surface area contributed by atoms with Gasteiger partial charge in [0.25, 0.3) is 0 Å². The Morgan fingerprint density at radius 1 is 1.26 bits per heavy atom. The van der Waals surface area contributed by atoms with Crippen LogP contribution < -0.4 is 5.32 Å². The summed E-state index contributed by atoms with van der Waals surface area (Å²) in [5.74, 6) is 1.83. The maximum absolute atomic E-state index is 4.49. The smallest absolute Gasteiger partial charge is 0.128 e. The van der Waals surface area contributed by atoms with E-state index in [0.29, 0.717) is 0 Å². The molecule has 2 heterocycles. The highest BCUT2D eigenvalue weighted by atomic mass is 15.1. The Morgan fingerprint density at radius 2 is 2.05 bits per heavy atom. The fourth-order valence-corrected chi connectivity index (χ4v) is 1.93. The van der Waals surface area contributed by atoms with Crippen molar-refractivity contribution in [3.8, 4) is 0 Å². The Kier molecular flexibility index (Phi) is 3.88. The van der Waals surface area contributed by atoms with Crippen LogP contribution >= 0.6 is 0 Å². The largest absolute Gasteiger partial charge is 0.360 e. The highest BCUT2D eigenvalue weighted by Crippen LogP contribution is 2.23. The number of hydrogen-bond donors (Lipinski definition) is 2. The van der Waals surface area contributed by atoms with Gasteiger partial charge in [0.1, 0.15) is 11.6 Å². The maximum atomic E-state index is 4.49. The van der Waals surface area contributed by atoms with E-state index in [-0.39, 0.29) is 11.5 Å². The van der Waals surface area contributed by atoms with Gasteiger partial charge in [0, 0.05) is 18.6 Å². The van der Waals surface area contributed by atoms with E-state index in [9.17, 15) is 0 Å². The number of H-pyrrole nitrogens is 1. The standard InChI is InChI=1S/C15H22N4/c1-5-12(14-16-8-9-17-14)19-13-7-6-11(10-18-13)15(2,3)4/h6-10,12H,5H2,1-4H3,(H,16,17)(H,18,19). The number of aromatic nitrogens is 3. The fourth-order valence-electron chi connectivity index (χ4n) is 1.93. The zero-order valence-corrected chi connectivity index (χ0v) is 12.1. The first kappa shape index (κ1) is 13.6. The molecule has 2 aromatic rings.